The van der Waals surface area contributed by atoms with Gasteiger partial charge in [0.25, 0.3) is 0 Å². The van der Waals surface area contributed by atoms with Gasteiger partial charge >= 0.3 is 0 Å². The van der Waals surface area contributed by atoms with Crippen molar-refractivity contribution in [3.05, 3.63) is 38.3 Å². The lowest BCUT2D eigenvalue weighted by atomic mass is 9.96. The summed E-state index contributed by atoms with van der Waals surface area (Å²) < 4.78 is 1.97. The van der Waals surface area contributed by atoms with Crippen LogP contribution in [0.2, 0.25) is 0 Å². The first kappa shape index (κ1) is 13.8. The van der Waals surface area contributed by atoms with E-state index in [1.807, 2.05) is 10.9 Å². The number of thiophene rings is 1. The molecular formula is C15H19N3S2. The second kappa shape index (κ2) is 6.50. The maximum absolute atomic E-state index is 4.91. The average molecular weight is 305 g/mol. The van der Waals surface area contributed by atoms with Crippen LogP contribution < -0.4 is 4.80 Å². The van der Waals surface area contributed by atoms with E-state index in [0.29, 0.717) is 6.04 Å². The summed E-state index contributed by atoms with van der Waals surface area (Å²) >= 11 is 3.38. The lowest BCUT2D eigenvalue weighted by Crippen LogP contribution is -2.19. The molecule has 0 unspecified atom stereocenters. The fraction of sp³-hybridized carbons (Fsp3) is 0.467. The number of hydrogen-bond acceptors (Lipinski definition) is 4. The number of thiazole rings is 1. The van der Waals surface area contributed by atoms with Crippen molar-refractivity contribution in [3.8, 4) is 0 Å². The Morgan fingerprint density at radius 1 is 1.25 bits per heavy atom. The van der Waals surface area contributed by atoms with Crippen LogP contribution in [-0.4, -0.2) is 16.9 Å². The molecule has 106 valence electrons. The topological polar surface area (TPSA) is 29.6 Å². The quantitative estimate of drug-likeness (QED) is 0.766. The first-order valence-electron chi connectivity index (χ1n) is 7.10. The summed E-state index contributed by atoms with van der Waals surface area (Å²) in [4.78, 5) is 5.94. The summed E-state index contributed by atoms with van der Waals surface area (Å²) in [5, 5.41) is 10.9. The molecule has 1 fully saturated rings. The van der Waals surface area contributed by atoms with Crippen LogP contribution in [0.3, 0.4) is 0 Å². The van der Waals surface area contributed by atoms with Crippen LogP contribution in [0, 0.1) is 6.92 Å². The highest BCUT2D eigenvalue weighted by Gasteiger charge is 2.12. The van der Waals surface area contributed by atoms with Crippen LogP contribution in [0.15, 0.2) is 32.3 Å². The zero-order chi connectivity index (χ0) is 13.8. The molecule has 2 aromatic heterocycles. The van der Waals surface area contributed by atoms with Crippen LogP contribution in [-0.2, 0) is 0 Å². The minimum absolute atomic E-state index is 0.490. The van der Waals surface area contributed by atoms with Crippen molar-refractivity contribution in [1.82, 2.24) is 4.68 Å². The van der Waals surface area contributed by atoms with E-state index < -0.39 is 0 Å². The predicted molar refractivity (Wildman–Crippen MR) is 86.8 cm³/mol. The lowest BCUT2D eigenvalue weighted by molar-refractivity contribution is 0.435. The highest BCUT2D eigenvalue weighted by Crippen LogP contribution is 2.20. The Hall–Kier alpha value is -1.20. The standard InChI is InChI=1S/C15H19N3S2/c1-12-10-20-15(17-14-5-3-2-4-6-14)18(12)16-9-13-7-8-19-11-13/h7-11,14H,2-6H2,1H3. The number of aromatic nitrogens is 1. The van der Waals surface area contributed by atoms with E-state index >= 15 is 0 Å². The monoisotopic (exact) mass is 305 g/mol. The zero-order valence-electron chi connectivity index (χ0n) is 11.7. The first-order valence-corrected chi connectivity index (χ1v) is 8.93. The fourth-order valence-corrected chi connectivity index (χ4v) is 3.94. The second-order valence-corrected chi connectivity index (χ2v) is 6.81. The first-order chi connectivity index (χ1) is 9.83. The average Bonchev–Trinajstić information content (AvgIpc) is 3.09. The van der Waals surface area contributed by atoms with Crippen LogP contribution in [0.25, 0.3) is 0 Å². The van der Waals surface area contributed by atoms with Gasteiger partial charge in [-0.05, 0) is 36.6 Å². The number of aryl methyl sites for hydroxylation is 1. The molecule has 1 aliphatic rings. The molecule has 2 aromatic rings. The SMILES string of the molecule is Cc1csc(=NC2CCCCC2)n1N=Cc1ccsc1. The van der Waals surface area contributed by atoms with Crippen LogP contribution in [0.4, 0.5) is 0 Å². The highest BCUT2D eigenvalue weighted by atomic mass is 32.1. The Bertz CT molecular complexity index is 628. The Labute approximate surface area is 127 Å². The molecule has 20 heavy (non-hydrogen) atoms. The van der Waals surface area contributed by atoms with Crippen LogP contribution >= 0.6 is 22.7 Å². The van der Waals surface area contributed by atoms with E-state index in [2.05, 4.69) is 34.2 Å². The molecule has 3 nitrogen and oxygen atoms in total. The maximum Gasteiger partial charge on any atom is 0.206 e. The molecule has 0 aromatic carbocycles. The van der Waals surface area contributed by atoms with E-state index in [0.717, 1.165) is 16.1 Å². The Kier molecular flexibility index (Phi) is 4.47. The summed E-state index contributed by atoms with van der Waals surface area (Å²) in [6.07, 6.45) is 8.37. The summed E-state index contributed by atoms with van der Waals surface area (Å²) in [5.41, 5.74) is 2.30. The molecule has 0 amide bonds. The molecule has 0 saturated heterocycles. The van der Waals surface area contributed by atoms with Crippen LogP contribution in [0.1, 0.15) is 43.4 Å². The third-order valence-corrected chi connectivity index (χ3v) is 5.23. The van der Waals surface area contributed by atoms with E-state index in [1.165, 1.54) is 32.1 Å². The molecule has 1 saturated carbocycles. The molecule has 0 radical (unpaired) electrons. The summed E-state index contributed by atoms with van der Waals surface area (Å²) in [6.45, 7) is 2.08. The van der Waals surface area contributed by atoms with Crippen molar-refractivity contribution in [2.45, 2.75) is 45.1 Å². The van der Waals surface area contributed by atoms with Crippen molar-refractivity contribution >= 4 is 28.9 Å². The normalized spacial score (nSPS) is 18.1. The van der Waals surface area contributed by atoms with Gasteiger partial charge in [-0.15, -0.1) is 11.3 Å². The third kappa shape index (κ3) is 3.27. The van der Waals surface area contributed by atoms with Gasteiger partial charge in [0.1, 0.15) is 0 Å². The van der Waals surface area contributed by atoms with E-state index in [4.69, 9.17) is 4.99 Å². The van der Waals surface area contributed by atoms with Crippen molar-refractivity contribution in [3.63, 3.8) is 0 Å². The van der Waals surface area contributed by atoms with Gasteiger partial charge in [0, 0.05) is 10.9 Å². The van der Waals surface area contributed by atoms with Gasteiger partial charge in [-0.2, -0.15) is 16.4 Å². The third-order valence-electron chi connectivity index (χ3n) is 3.58. The van der Waals surface area contributed by atoms with Gasteiger partial charge in [-0.25, -0.2) is 4.68 Å². The Morgan fingerprint density at radius 3 is 2.85 bits per heavy atom. The van der Waals surface area contributed by atoms with E-state index in [9.17, 15) is 0 Å². The van der Waals surface area contributed by atoms with Gasteiger partial charge in [-0.1, -0.05) is 19.3 Å². The van der Waals surface area contributed by atoms with Crippen molar-refractivity contribution < 1.29 is 0 Å². The van der Waals surface area contributed by atoms with Gasteiger partial charge in [0.05, 0.1) is 18.0 Å². The van der Waals surface area contributed by atoms with Gasteiger partial charge in [-0.3, -0.25) is 4.99 Å². The smallest absolute Gasteiger partial charge is 0.206 e. The van der Waals surface area contributed by atoms with Gasteiger partial charge in [0.15, 0.2) is 0 Å². The van der Waals surface area contributed by atoms with E-state index in [-0.39, 0.29) is 0 Å². The van der Waals surface area contributed by atoms with Gasteiger partial charge in [0.2, 0.25) is 4.80 Å². The molecular weight excluding hydrogens is 286 g/mol. The van der Waals surface area contributed by atoms with Crippen LogP contribution in [0.5, 0.6) is 0 Å². The Morgan fingerprint density at radius 2 is 2.10 bits per heavy atom. The summed E-state index contributed by atoms with van der Waals surface area (Å²) in [6, 6.07) is 2.57. The fourth-order valence-electron chi connectivity index (χ4n) is 2.45. The number of hydrogen-bond donors (Lipinski definition) is 0. The van der Waals surface area contributed by atoms with E-state index in [1.54, 1.807) is 22.7 Å². The molecule has 5 heteroatoms. The molecule has 2 heterocycles. The van der Waals surface area contributed by atoms with Crippen molar-refractivity contribution in [1.29, 1.82) is 0 Å². The minimum atomic E-state index is 0.490. The molecule has 0 atom stereocenters. The Balaban J connectivity index is 1.87. The molecule has 0 bridgehead atoms. The van der Waals surface area contributed by atoms with Gasteiger partial charge < -0.3 is 0 Å². The van der Waals surface area contributed by atoms with Crippen molar-refractivity contribution in [2.24, 2.45) is 10.1 Å². The molecule has 3 rings (SSSR count). The molecule has 0 aliphatic heterocycles. The zero-order valence-corrected chi connectivity index (χ0v) is 13.3. The largest absolute Gasteiger partial charge is 0.254 e. The maximum atomic E-state index is 4.91. The van der Waals surface area contributed by atoms with Crippen molar-refractivity contribution in [2.75, 3.05) is 0 Å². The second-order valence-electron chi connectivity index (χ2n) is 5.19. The molecule has 0 spiro atoms. The summed E-state index contributed by atoms with van der Waals surface area (Å²) in [7, 11) is 0. The lowest BCUT2D eigenvalue weighted by Gasteiger charge is -2.16. The highest BCUT2D eigenvalue weighted by molar-refractivity contribution is 7.08. The number of rotatable bonds is 3. The predicted octanol–water partition coefficient (Wildman–Crippen LogP) is 4.04. The summed E-state index contributed by atoms with van der Waals surface area (Å²) in [5.74, 6) is 0. The molecule has 0 N–H and O–H groups in total. The molecule has 1 aliphatic carbocycles. The number of nitrogens with zero attached hydrogens (tertiary/aromatic N) is 3. The minimum Gasteiger partial charge on any atom is -0.254 e.